The molecule has 1 N–H and O–H groups in total. The summed E-state index contributed by atoms with van der Waals surface area (Å²) in [7, 11) is 0. The van der Waals surface area contributed by atoms with Gasteiger partial charge in [0.2, 0.25) is 0 Å². The Morgan fingerprint density at radius 1 is 1.24 bits per heavy atom. The molecule has 7 heteroatoms. The van der Waals surface area contributed by atoms with Crippen molar-refractivity contribution in [2.75, 3.05) is 0 Å². The summed E-state index contributed by atoms with van der Waals surface area (Å²) in [5.41, 5.74) is -0.353. The number of aliphatic carboxylic acids is 1. The molecule has 0 saturated carbocycles. The molecular weight excluding hydrogens is 317 g/mol. The maximum absolute atomic E-state index is 12.0. The first-order valence-electron chi connectivity index (χ1n) is 5.70. The first kappa shape index (κ1) is 15.2. The monoisotopic (exact) mass is 324 g/mol. The Labute approximate surface area is 129 Å². The van der Waals surface area contributed by atoms with Gasteiger partial charge < -0.3 is 19.6 Å². The number of benzene rings is 1. The first-order chi connectivity index (χ1) is 9.97. The molecule has 0 aliphatic rings. The average Bonchev–Trinajstić information content (AvgIpc) is 2.90. The van der Waals surface area contributed by atoms with E-state index in [1.807, 2.05) is 0 Å². The molecule has 1 aromatic heterocycles. The van der Waals surface area contributed by atoms with Crippen LogP contribution in [0.1, 0.15) is 16.1 Å². The summed E-state index contributed by atoms with van der Waals surface area (Å²) in [5, 5.41) is 13.7. The van der Waals surface area contributed by atoms with Gasteiger partial charge in [0, 0.05) is 11.1 Å². The summed E-state index contributed by atoms with van der Waals surface area (Å²) in [6.45, 7) is 0. The zero-order valence-corrected chi connectivity index (χ0v) is 11.9. The van der Waals surface area contributed by atoms with E-state index < -0.39 is 17.6 Å². The van der Waals surface area contributed by atoms with Crippen LogP contribution < -0.4 is 10.4 Å². The molecule has 0 saturated heterocycles. The van der Waals surface area contributed by atoms with Gasteiger partial charge in [-0.1, -0.05) is 23.2 Å². The minimum atomic E-state index is -1.55. The molecule has 1 amide bonds. The number of furan rings is 1. The van der Waals surface area contributed by atoms with Crippen LogP contribution in [-0.2, 0) is 4.79 Å². The van der Waals surface area contributed by atoms with Crippen molar-refractivity contribution in [3.63, 3.8) is 0 Å². The van der Waals surface area contributed by atoms with Crippen molar-refractivity contribution in [2.24, 2.45) is 0 Å². The Kier molecular flexibility index (Phi) is 4.67. The fraction of sp³-hybridized carbons (Fsp3) is 0. The minimum Gasteiger partial charge on any atom is -0.543 e. The SMILES string of the molecule is O=C([O-])/C(=C\c1ccco1)NC(=O)c1ccc(Cl)cc1Cl. The van der Waals surface area contributed by atoms with Gasteiger partial charge in [0.05, 0.1) is 28.5 Å². The molecule has 0 atom stereocenters. The summed E-state index contributed by atoms with van der Waals surface area (Å²) in [6, 6.07) is 7.35. The second-order valence-electron chi connectivity index (χ2n) is 3.94. The van der Waals surface area contributed by atoms with Crippen molar-refractivity contribution < 1.29 is 19.1 Å². The van der Waals surface area contributed by atoms with E-state index >= 15 is 0 Å². The van der Waals surface area contributed by atoms with E-state index in [1.165, 1.54) is 30.5 Å². The van der Waals surface area contributed by atoms with Crippen LogP contribution in [0.25, 0.3) is 6.08 Å². The van der Waals surface area contributed by atoms with Crippen LogP contribution in [-0.4, -0.2) is 11.9 Å². The van der Waals surface area contributed by atoms with E-state index in [4.69, 9.17) is 27.6 Å². The van der Waals surface area contributed by atoms with Crippen molar-refractivity contribution in [3.05, 3.63) is 63.7 Å². The van der Waals surface area contributed by atoms with E-state index in [0.717, 1.165) is 6.08 Å². The Morgan fingerprint density at radius 2 is 2.00 bits per heavy atom. The van der Waals surface area contributed by atoms with Gasteiger partial charge >= 0.3 is 0 Å². The zero-order chi connectivity index (χ0) is 15.4. The quantitative estimate of drug-likeness (QED) is 0.873. The third-order valence-corrected chi connectivity index (χ3v) is 3.02. The molecule has 0 aliphatic carbocycles. The summed E-state index contributed by atoms with van der Waals surface area (Å²) in [6.07, 6.45) is 2.51. The molecule has 0 unspecified atom stereocenters. The van der Waals surface area contributed by atoms with Gasteiger partial charge in [-0.3, -0.25) is 4.79 Å². The zero-order valence-electron chi connectivity index (χ0n) is 10.4. The number of carboxylic acids is 1. The van der Waals surface area contributed by atoms with E-state index in [9.17, 15) is 14.7 Å². The van der Waals surface area contributed by atoms with Crippen molar-refractivity contribution in [2.45, 2.75) is 0 Å². The highest BCUT2D eigenvalue weighted by atomic mass is 35.5. The molecule has 2 aromatic rings. The number of carbonyl (C=O) groups excluding carboxylic acids is 2. The second-order valence-corrected chi connectivity index (χ2v) is 4.78. The number of rotatable bonds is 4. The van der Waals surface area contributed by atoms with Crippen LogP contribution in [0.3, 0.4) is 0 Å². The van der Waals surface area contributed by atoms with Crippen LogP contribution in [0.2, 0.25) is 10.0 Å². The molecule has 0 bridgehead atoms. The number of nitrogens with one attached hydrogen (secondary N) is 1. The summed E-state index contributed by atoms with van der Waals surface area (Å²) >= 11 is 11.6. The van der Waals surface area contributed by atoms with Gasteiger partial charge in [0.15, 0.2) is 0 Å². The van der Waals surface area contributed by atoms with Crippen LogP contribution in [0.4, 0.5) is 0 Å². The minimum absolute atomic E-state index is 0.0904. The topological polar surface area (TPSA) is 82.4 Å². The lowest BCUT2D eigenvalue weighted by atomic mass is 10.2. The Morgan fingerprint density at radius 3 is 2.57 bits per heavy atom. The lowest BCUT2D eigenvalue weighted by Crippen LogP contribution is -2.35. The third kappa shape index (κ3) is 3.87. The molecule has 1 aromatic carbocycles. The van der Waals surface area contributed by atoms with Crippen LogP contribution in [0, 0.1) is 0 Å². The standard InChI is InChI=1S/C14H9Cl2NO4/c15-8-3-4-10(11(16)6-8)13(18)17-12(14(19)20)7-9-2-1-5-21-9/h1-7H,(H,17,18)(H,19,20)/p-1/b12-7+. The van der Waals surface area contributed by atoms with Gasteiger partial charge in [0.1, 0.15) is 5.76 Å². The Bertz CT molecular complexity index is 708. The molecule has 21 heavy (non-hydrogen) atoms. The molecule has 2 rings (SSSR count). The van der Waals surface area contributed by atoms with E-state index in [1.54, 1.807) is 6.07 Å². The van der Waals surface area contributed by atoms with Crippen molar-refractivity contribution >= 4 is 41.2 Å². The van der Waals surface area contributed by atoms with Gasteiger partial charge in [0.25, 0.3) is 5.91 Å². The van der Waals surface area contributed by atoms with E-state index in [-0.39, 0.29) is 16.3 Å². The molecule has 0 aliphatic heterocycles. The second kappa shape index (κ2) is 6.47. The number of carboxylic acid groups (broad SMARTS) is 1. The van der Waals surface area contributed by atoms with Gasteiger partial charge in [-0.15, -0.1) is 0 Å². The predicted octanol–water partition coefficient (Wildman–Crippen LogP) is 2.11. The number of hydrogen-bond acceptors (Lipinski definition) is 4. The molecule has 5 nitrogen and oxygen atoms in total. The van der Waals surface area contributed by atoms with E-state index in [2.05, 4.69) is 5.32 Å². The fourth-order valence-electron chi connectivity index (χ4n) is 1.52. The number of halogens is 2. The highest BCUT2D eigenvalue weighted by Gasteiger charge is 2.13. The van der Waals surface area contributed by atoms with Gasteiger partial charge in [-0.2, -0.15) is 0 Å². The first-order valence-corrected chi connectivity index (χ1v) is 6.46. The van der Waals surface area contributed by atoms with E-state index in [0.29, 0.717) is 5.02 Å². The Hall–Kier alpha value is -2.24. The molecule has 0 fully saturated rings. The third-order valence-electron chi connectivity index (χ3n) is 2.47. The van der Waals surface area contributed by atoms with Crippen molar-refractivity contribution in [3.8, 4) is 0 Å². The maximum atomic E-state index is 12.0. The number of carbonyl (C=O) groups is 2. The summed E-state index contributed by atoms with van der Waals surface area (Å²) < 4.78 is 4.98. The molecule has 0 radical (unpaired) electrons. The van der Waals surface area contributed by atoms with Crippen molar-refractivity contribution in [1.29, 1.82) is 0 Å². The lowest BCUT2D eigenvalue weighted by molar-refractivity contribution is -0.299. The lowest BCUT2D eigenvalue weighted by Gasteiger charge is -2.11. The smallest absolute Gasteiger partial charge is 0.257 e. The summed E-state index contributed by atoms with van der Waals surface area (Å²) in [5.74, 6) is -1.99. The highest BCUT2D eigenvalue weighted by Crippen LogP contribution is 2.21. The highest BCUT2D eigenvalue weighted by molar-refractivity contribution is 6.36. The van der Waals surface area contributed by atoms with Crippen LogP contribution in [0.15, 0.2) is 46.7 Å². The normalized spacial score (nSPS) is 11.2. The fourth-order valence-corrected chi connectivity index (χ4v) is 2.02. The molecule has 0 spiro atoms. The number of amides is 1. The molecule has 108 valence electrons. The average molecular weight is 325 g/mol. The summed E-state index contributed by atoms with van der Waals surface area (Å²) in [4.78, 5) is 23.1. The van der Waals surface area contributed by atoms with Crippen LogP contribution in [0.5, 0.6) is 0 Å². The van der Waals surface area contributed by atoms with Gasteiger partial charge in [-0.25, -0.2) is 0 Å². The Balaban J connectivity index is 2.25. The number of hydrogen-bond donors (Lipinski definition) is 1. The predicted molar refractivity (Wildman–Crippen MR) is 75.6 cm³/mol. The largest absolute Gasteiger partial charge is 0.543 e. The molecule has 1 heterocycles. The maximum Gasteiger partial charge on any atom is 0.257 e. The van der Waals surface area contributed by atoms with Crippen molar-refractivity contribution in [1.82, 2.24) is 5.32 Å². The molecular formula is C14H8Cl2NO4-. The van der Waals surface area contributed by atoms with Crippen LogP contribution >= 0.6 is 23.2 Å². The van der Waals surface area contributed by atoms with Gasteiger partial charge in [-0.05, 0) is 30.3 Å².